The van der Waals surface area contributed by atoms with E-state index in [4.69, 9.17) is 16.3 Å². The van der Waals surface area contributed by atoms with Crippen LogP contribution < -0.4 is 10.1 Å². The zero-order valence-corrected chi connectivity index (χ0v) is 23.0. The SMILES string of the molecule is Cc1cc(OCC(=O)N(Cc2ccccc2C)[C@H](Cc2ccccc2)C(=O)NC2CCCCC2)ccc1Cl. The van der Waals surface area contributed by atoms with Gasteiger partial charge in [-0.3, -0.25) is 9.59 Å². The summed E-state index contributed by atoms with van der Waals surface area (Å²) in [7, 11) is 0. The first-order valence-corrected chi connectivity index (χ1v) is 13.9. The second-order valence-corrected chi connectivity index (χ2v) is 10.6. The number of carbonyl (C=O) groups is 2. The Labute approximate surface area is 231 Å². The Kier molecular flexibility index (Phi) is 9.83. The summed E-state index contributed by atoms with van der Waals surface area (Å²) >= 11 is 6.16. The minimum absolute atomic E-state index is 0.106. The first-order valence-electron chi connectivity index (χ1n) is 13.5. The predicted molar refractivity (Wildman–Crippen MR) is 152 cm³/mol. The minimum Gasteiger partial charge on any atom is -0.484 e. The van der Waals surface area contributed by atoms with Crippen molar-refractivity contribution in [3.63, 3.8) is 0 Å². The molecule has 3 aromatic rings. The average Bonchev–Trinajstić information content (AvgIpc) is 2.93. The van der Waals surface area contributed by atoms with Gasteiger partial charge in [-0.2, -0.15) is 0 Å². The lowest BCUT2D eigenvalue weighted by Gasteiger charge is -2.33. The zero-order valence-electron chi connectivity index (χ0n) is 22.3. The molecule has 1 aliphatic rings. The summed E-state index contributed by atoms with van der Waals surface area (Å²) in [5.41, 5.74) is 3.97. The average molecular weight is 533 g/mol. The van der Waals surface area contributed by atoms with E-state index in [0.717, 1.165) is 47.9 Å². The van der Waals surface area contributed by atoms with E-state index in [1.807, 2.05) is 74.5 Å². The molecule has 1 fully saturated rings. The molecule has 1 saturated carbocycles. The summed E-state index contributed by atoms with van der Waals surface area (Å²) in [6, 6.07) is 22.7. The maximum absolute atomic E-state index is 13.8. The lowest BCUT2D eigenvalue weighted by atomic mass is 9.94. The van der Waals surface area contributed by atoms with Crippen LogP contribution in [0.15, 0.2) is 72.8 Å². The zero-order chi connectivity index (χ0) is 26.9. The quantitative estimate of drug-likeness (QED) is 0.327. The van der Waals surface area contributed by atoms with Crippen molar-refractivity contribution in [3.8, 4) is 5.75 Å². The number of amides is 2. The van der Waals surface area contributed by atoms with Gasteiger partial charge in [0.15, 0.2) is 6.61 Å². The lowest BCUT2D eigenvalue weighted by molar-refractivity contribution is -0.143. The summed E-state index contributed by atoms with van der Waals surface area (Å²) in [5, 5.41) is 3.92. The van der Waals surface area contributed by atoms with Gasteiger partial charge in [0, 0.05) is 24.0 Å². The molecule has 2 amide bonds. The fraction of sp³-hybridized carbons (Fsp3) is 0.375. The largest absolute Gasteiger partial charge is 0.484 e. The molecule has 1 N–H and O–H groups in total. The predicted octanol–water partition coefficient (Wildman–Crippen LogP) is 6.42. The number of nitrogens with zero attached hydrogens (tertiary/aromatic N) is 1. The van der Waals surface area contributed by atoms with E-state index < -0.39 is 6.04 Å². The molecule has 1 atom stereocenters. The normalized spacial score (nSPS) is 14.5. The summed E-state index contributed by atoms with van der Waals surface area (Å²) in [6.45, 7) is 4.07. The van der Waals surface area contributed by atoms with Gasteiger partial charge in [-0.15, -0.1) is 0 Å². The molecule has 0 bridgehead atoms. The van der Waals surface area contributed by atoms with E-state index in [1.165, 1.54) is 6.42 Å². The van der Waals surface area contributed by atoms with Crippen molar-refractivity contribution in [2.24, 2.45) is 0 Å². The number of aryl methyl sites for hydroxylation is 2. The van der Waals surface area contributed by atoms with Crippen molar-refractivity contribution in [1.29, 1.82) is 0 Å². The highest BCUT2D eigenvalue weighted by Crippen LogP contribution is 2.23. The standard InChI is InChI=1S/C32H37ClN2O3/c1-23-11-9-10-14-26(23)21-35(31(36)22-38-28-17-18-29(33)24(2)19-28)30(20-25-12-5-3-6-13-25)32(37)34-27-15-7-4-8-16-27/h3,5-6,9-14,17-19,27,30H,4,7-8,15-16,20-22H2,1-2H3,(H,34,37)/t30-/m1/s1. The van der Waals surface area contributed by atoms with Gasteiger partial charge in [0.2, 0.25) is 5.91 Å². The third-order valence-electron chi connectivity index (χ3n) is 7.32. The Morgan fingerprint density at radius 2 is 1.66 bits per heavy atom. The molecule has 0 spiro atoms. The number of benzene rings is 3. The van der Waals surface area contributed by atoms with Gasteiger partial charge in [0.05, 0.1) is 0 Å². The summed E-state index contributed by atoms with van der Waals surface area (Å²) in [4.78, 5) is 29.3. The van der Waals surface area contributed by atoms with Crippen LogP contribution >= 0.6 is 11.6 Å². The van der Waals surface area contributed by atoms with Crippen LogP contribution in [0.1, 0.15) is 54.4 Å². The number of halogens is 1. The van der Waals surface area contributed by atoms with Crippen molar-refractivity contribution in [2.45, 2.75) is 71.0 Å². The van der Waals surface area contributed by atoms with E-state index in [9.17, 15) is 9.59 Å². The maximum atomic E-state index is 13.8. The molecule has 0 saturated heterocycles. The third kappa shape index (κ3) is 7.61. The fourth-order valence-corrected chi connectivity index (χ4v) is 5.12. The third-order valence-corrected chi connectivity index (χ3v) is 7.74. The van der Waals surface area contributed by atoms with E-state index in [1.54, 1.807) is 17.0 Å². The highest BCUT2D eigenvalue weighted by atomic mass is 35.5. The second kappa shape index (κ2) is 13.5. The van der Waals surface area contributed by atoms with E-state index in [2.05, 4.69) is 5.32 Å². The smallest absolute Gasteiger partial charge is 0.261 e. The van der Waals surface area contributed by atoms with Gasteiger partial charge in [-0.25, -0.2) is 0 Å². The number of hydrogen-bond donors (Lipinski definition) is 1. The van der Waals surface area contributed by atoms with Crippen LogP contribution in [0.3, 0.4) is 0 Å². The Morgan fingerprint density at radius 1 is 0.947 bits per heavy atom. The summed E-state index contributed by atoms with van der Waals surface area (Å²) in [5.74, 6) is 0.230. The Hall–Kier alpha value is -3.31. The maximum Gasteiger partial charge on any atom is 0.261 e. The first kappa shape index (κ1) is 27.7. The van der Waals surface area contributed by atoms with Crippen LogP contribution in [-0.4, -0.2) is 35.4 Å². The monoisotopic (exact) mass is 532 g/mol. The molecule has 38 heavy (non-hydrogen) atoms. The molecule has 0 heterocycles. The molecule has 4 rings (SSSR count). The van der Waals surface area contributed by atoms with E-state index >= 15 is 0 Å². The van der Waals surface area contributed by atoms with Gasteiger partial charge < -0.3 is 15.0 Å². The molecule has 200 valence electrons. The van der Waals surface area contributed by atoms with Gasteiger partial charge in [0.1, 0.15) is 11.8 Å². The summed E-state index contributed by atoms with van der Waals surface area (Å²) < 4.78 is 5.90. The summed E-state index contributed by atoms with van der Waals surface area (Å²) in [6.07, 6.45) is 5.84. The van der Waals surface area contributed by atoms with Crippen LogP contribution in [0.5, 0.6) is 5.75 Å². The molecule has 6 heteroatoms. The van der Waals surface area contributed by atoms with Gasteiger partial charge in [-0.1, -0.05) is 85.5 Å². The van der Waals surface area contributed by atoms with Gasteiger partial charge in [-0.05, 0) is 67.1 Å². The van der Waals surface area contributed by atoms with Crippen molar-refractivity contribution in [1.82, 2.24) is 10.2 Å². The van der Waals surface area contributed by atoms with Crippen LogP contribution in [-0.2, 0) is 22.6 Å². The van der Waals surface area contributed by atoms with Crippen molar-refractivity contribution < 1.29 is 14.3 Å². The molecule has 0 aliphatic heterocycles. The van der Waals surface area contributed by atoms with E-state index in [0.29, 0.717) is 23.7 Å². The second-order valence-electron chi connectivity index (χ2n) is 10.2. The Bertz CT molecular complexity index is 1220. The molecule has 0 radical (unpaired) electrons. The first-order chi connectivity index (χ1) is 18.4. The minimum atomic E-state index is -0.665. The number of hydrogen-bond acceptors (Lipinski definition) is 3. The highest BCUT2D eigenvalue weighted by Gasteiger charge is 2.32. The molecule has 1 aliphatic carbocycles. The highest BCUT2D eigenvalue weighted by molar-refractivity contribution is 6.31. The van der Waals surface area contributed by atoms with Gasteiger partial charge >= 0.3 is 0 Å². The van der Waals surface area contributed by atoms with Crippen LogP contribution in [0.25, 0.3) is 0 Å². The van der Waals surface area contributed by atoms with Gasteiger partial charge in [0.25, 0.3) is 5.91 Å². The molecular formula is C32H37ClN2O3. The number of carbonyl (C=O) groups excluding carboxylic acids is 2. The van der Waals surface area contributed by atoms with Crippen molar-refractivity contribution in [3.05, 3.63) is 100 Å². The molecule has 5 nitrogen and oxygen atoms in total. The Balaban J connectivity index is 1.62. The molecular weight excluding hydrogens is 496 g/mol. The lowest BCUT2D eigenvalue weighted by Crippen LogP contribution is -2.53. The van der Waals surface area contributed by atoms with Crippen LogP contribution in [0.4, 0.5) is 0 Å². The Morgan fingerprint density at radius 3 is 2.37 bits per heavy atom. The van der Waals surface area contributed by atoms with Crippen molar-refractivity contribution >= 4 is 23.4 Å². The fourth-order valence-electron chi connectivity index (χ4n) is 5.00. The molecule has 0 aromatic heterocycles. The van der Waals surface area contributed by atoms with Crippen molar-refractivity contribution in [2.75, 3.05) is 6.61 Å². The number of nitrogens with one attached hydrogen (secondary N) is 1. The van der Waals surface area contributed by atoms with Crippen LogP contribution in [0.2, 0.25) is 5.02 Å². The van der Waals surface area contributed by atoms with E-state index in [-0.39, 0.29) is 24.5 Å². The number of ether oxygens (including phenoxy) is 1. The van der Waals surface area contributed by atoms with Crippen LogP contribution in [0, 0.1) is 13.8 Å². The molecule has 3 aromatic carbocycles. The molecule has 0 unspecified atom stereocenters. The number of rotatable bonds is 10. The topological polar surface area (TPSA) is 58.6 Å².